The number of hydrogen-bond donors (Lipinski definition) is 0. The smallest absolute Gasteiger partial charge is 0.252 e. The van der Waals surface area contributed by atoms with Gasteiger partial charge in [0.05, 0.1) is 22.7 Å². The van der Waals surface area contributed by atoms with Crippen LogP contribution in [0.2, 0.25) is 0 Å². The standard InChI is InChI=1S/C22H27N3O4S3/c1-15-12-18-19(13-16(15)2)31-22(25(18)9-10-29-3)23-21(26)17-6-4-8-24(14-17)32(27,28)20-7-5-11-30-20/h5,7,11-13,17H,4,6,8-10,14H2,1-3H3. The van der Waals surface area contributed by atoms with Gasteiger partial charge in [-0.2, -0.15) is 9.30 Å². The number of carbonyl (C=O) groups is 1. The molecule has 0 aliphatic carbocycles. The van der Waals surface area contributed by atoms with Crippen LogP contribution in [0.15, 0.2) is 38.8 Å². The molecule has 1 unspecified atom stereocenters. The van der Waals surface area contributed by atoms with Crippen LogP contribution >= 0.6 is 22.7 Å². The summed E-state index contributed by atoms with van der Waals surface area (Å²) in [6.45, 7) is 5.84. The van der Waals surface area contributed by atoms with E-state index >= 15 is 0 Å². The SMILES string of the molecule is COCCn1c(=NC(=O)C2CCCN(S(=O)(=O)c3cccs3)C2)sc2cc(C)c(C)cc21. The van der Waals surface area contributed by atoms with Crippen molar-refractivity contribution in [3.05, 3.63) is 45.6 Å². The van der Waals surface area contributed by atoms with Crippen LogP contribution in [0.5, 0.6) is 0 Å². The molecule has 7 nitrogen and oxygen atoms in total. The molecule has 0 N–H and O–H groups in total. The Kier molecular flexibility index (Phi) is 6.97. The van der Waals surface area contributed by atoms with Gasteiger partial charge in [-0.25, -0.2) is 8.42 Å². The number of sulfonamides is 1. The largest absolute Gasteiger partial charge is 0.383 e. The van der Waals surface area contributed by atoms with E-state index in [0.717, 1.165) is 10.2 Å². The van der Waals surface area contributed by atoms with Gasteiger partial charge in [0.25, 0.3) is 15.9 Å². The number of fused-ring (bicyclic) bond motifs is 1. The summed E-state index contributed by atoms with van der Waals surface area (Å²) in [5, 5.41) is 1.75. The average molecular weight is 494 g/mol. The minimum absolute atomic E-state index is 0.170. The van der Waals surface area contributed by atoms with Gasteiger partial charge in [-0.3, -0.25) is 4.79 Å². The van der Waals surface area contributed by atoms with Crippen molar-refractivity contribution in [3.63, 3.8) is 0 Å². The molecule has 3 heterocycles. The summed E-state index contributed by atoms with van der Waals surface area (Å²) in [6, 6.07) is 7.58. The third kappa shape index (κ3) is 4.60. The third-order valence-electron chi connectivity index (χ3n) is 5.85. The van der Waals surface area contributed by atoms with Crippen molar-refractivity contribution in [3.8, 4) is 0 Å². The van der Waals surface area contributed by atoms with Crippen molar-refractivity contribution < 1.29 is 17.9 Å². The molecular formula is C22H27N3O4S3. The van der Waals surface area contributed by atoms with E-state index in [1.165, 1.54) is 38.1 Å². The van der Waals surface area contributed by atoms with Gasteiger partial charge in [-0.15, -0.1) is 11.3 Å². The van der Waals surface area contributed by atoms with Crippen LogP contribution in [0.4, 0.5) is 0 Å². The second-order valence-electron chi connectivity index (χ2n) is 8.02. The number of thiophene rings is 1. The van der Waals surface area contributed by atoms with Crippen LogP contribution in [-0.2, 0) is 26.1 Å². The summed E-state index contributed by atoms with van der Waals surface area (Å²) < 4.78 is 35.9. The molecule has 0 bridgehead atoms. The zero-order valence-corrected chi connectivity index (χ0v) is 20.9. The molecule has 0 spiro atoms. The fourth-order valence-electron chi connectivity index (χ4n) is 3.89. The number of carbonyl (C=O) groups excluding carboxylic acids is 1. The quantitative estimate of drug-likeness (QED) is 0.526. The number of thiazole rings is 1. The minimum atomic E-state index is -3.57. The lowest BCUT2D eigenvalue weighted by Crippen LogP contribution is -2.42. The Morgan fingerprint density at radius 3 is 2.78 bits per heavy atom. The van der Waals surface area contributed by atoms with E-state index in [1.807, 2.05) is 4.57 Å². The minimum Gasteiger partial charge on any atom is -0.383 e. The van der Waals surface area contributed by atoms with Crippen molar-refractivity contribution in [2.75, 3.05) is 26.8 Å². The first-order chi connectivity index (χ1) is 15.3. The van der Waals surface area contributed by atoms with Crippen molar-refractivity contribution in [2.45, 2.75) is 37.4 Å². The molecule has 1 amide bonds. The van der Waals surface area contributed by atoms with Gasteiger partial charge in [0.1, 0.15) is 4.21 Å². The molecule has 1 atom stereocenters. The Hall–Kier alpha value is -1.85. The van der Waals surface area contributed by atoms with Crippen molar-refractivity contribution in [1.29, 1.82) is 0 Å². The van der Waals surface area contributed by atoms with E-state index in [4.69, 9.17) is 4.74 Å². The molecule has 172 valence electrons. The number of rotatable bonds is 6. The second kappa shape index (κ2) is 9.56. The molecule has 0 saturated carbocycles. The van der Waals surface area contributed by atoms with Gasteiger partial charge in [0.15, 0.2) is 4.80 Å². The van der Waals surface area contributed by atoms with Crippen LogP contribution in [-0.4, -0.2) is 50.0 Å². The van der Waals surface area contributed by atoms with Crippen molar-refractivity contribution in [1.82, 2.24) is 8.87 Å². The Morgan fingerprint density at radius 2 is 2.06 bits per heavy atom. The lowest BCUT2D eigenvalue weighted by Gasteiger charge is -2.29. The van der Waals surface area contributed by atoms with Crippen molar-refractivity contribution >= 4 is 48.8 Å². The number of ether oxygens (including phenoxy) is 1. The number of aryl methyl sites for hydroxylation is 2. The summed E-state index contributed by atoms with van der Waals surface area (Å²) in [4.78, 5) is 18.2. The summed E-state index contributed by atoms with van der Waals surface area (Å²) in [6.07, 6.45) is 1.28. The second-order valence-corrected chi connectivity index (χ2v) is 12.1. The molecule has 1 aromatic carbocycles. The molecule has 2 aromatic heterocycles. The first kappa shape index (κ1) is 23.3. The van der Waals surface area contributed by atoms with Crippen LogP contribution in [0.25, 0.3) is 10.2 Å². The van der Waals surface area contributed by atoms with Gasteiger partial charge in [-0.1, -0.05) is 17.4 Å². The molecule has 1 aliphatic rings. The van der Waals surface area contributed by atoms with Gasteiger partial charge in [0, 0.05) is 26.7 Å². The first-order valence-corrected chi connectivity index (χ1v) is 13.7. The highest BCUT2D eigenvalue weighted by molar-refractivity contribution is 7.91. The van der Waals surface area contributed by atoms with E-state index in [1.54, 1.807) is 24.6 Å². The van der Waals surface area contributed by atoms with Crippen LogP contribution in [0.1, 0.15) is 24.0 Å². The number of nitrogens with zero attached hydrogens (tertiary/aromatic N) is 3. The van der Waals surface area contributed by atoms with Gasteiger partial charge in [0.2, 0.25) is 0 Å². The topological polar surface area (TPSA) is 81.0 Å². The Morgan fingerprint density at radius 1 is 1.28 bits per heavy atom. The van der Waals surface area contributed by atoms with E-state index in [0.29, 0.717) is 41.5 Å². The molecule has 0 radical (unpaired) electrons. The summed E-state index contributed by atoms with van der Waals surface area (Å²) in [5.41, 5.74) is 3.41. The highest BCUT2D eigenvalue weighted by atomic mass is 32.2. The van der Waals surface area contributed by atoms with Gasteiger partial charge >= 0.3 is 0 Å². The highest BCUT2D eigenvalue weighted by Gasteiger charge is 2.33. The number of methoxy groups -OCH3 is 1. The molecule has 3 aromatic rings. The van der Waals surface area contributed by atoms with Gasteiger partial charge in [-0.05, 0) is 61.4 Å². The van der Waals surface area contributed by atoms with Gasteiger partial charge < -0.3 is 9.30 Å². The van der Waals surface area contributed by atoms with Crippen LogP contribution in [0, 0.1) is 19.8 Å². The summed E-state index contributed by atoms with van der Waals surface area (Å²) in [7, 11) is -1.92. The molecule has 1 saturated heterocycles. The average Bonchev–Trinajstić information content (AvgIpc) is 3.42. The zero-order chi connectivity index (χ0) is 22.9. The van der Waals surface area contributed by atoms with E-state index in [9.17, 15) is 13.2 Å². The van der Waals surface area contributed by atoms with E-state index in [2.05, 4.69) is 31.0 Å². The molecule has 10 heteroatoms. The highest BCUT2D eigenvalue weighted by Crippen LogP contribution is 2.27. The fraction of sp³-hybridized carbons (Fsp3) is 0.455. The predicted molar refractivity (Wildman–Crippen MR) is 128 cm³/mol. The lowest BCUT2D eigenvalue weighted by atomic mass is 9.99. The molecule has 1 fully saturated rings. The number of piperidine rings is 1. The first-order valence-electron chi connectivity index (χ1n) is 10.5. The maximum absolute atomic E-state index is 13.1. The molecular weight excluding hydrogens is 466 g/mol. The van der Waals surface area contributed by atoms with Crippen LogP contribution in [0.3, 0.4) is 0 Å². The van der Waals surface area contributed by atoms with E-state index < -0.39 is 15.9 Å². The summed E-state index contributed by atoms with van der Waals surface area (Å²) in [5.74, 6) is -0.703. The number of amides is 1. The van der Waals surface area contributed by atoms with Crippen molar-refractivity contribution in [2.24, 2.45) is 10.9 Å². The maximum Gasteiger partial charge on any atom is 0.252 e. The normalized spacial score (nSPS) is 18.5. The predicted octanol–water partition coefficient (Wildman–Crippen LogP) is 3.56. The fourth-order valence-corrected chi connectivity index (χ4v) is 7.70. The summed E-state index contributed by atoms with van der Waals surface area (Å²) >= 11 is 2.68. The number of hydrogen-bond acceptors (Lipinski definition) is 6. The van der Waals surface area contributed by atoms with Crippen LogP contribution < -0.4 is 4.80 Å². The Bertz CT molecular complexity index is 1290. The molecule has 4 rings (SSSR count). The zero-order valence-electron chi connectivity index (χ0n) is 18.4. The Balaban J connectivity index is 1.65. The number of benzene rings is 1. The molecule has 32 heavy (non-hydrogen) atoms. The van der Waals surface area contributed by atoms with E-state index in [-0.39, 0.29) is 12.5 Å². The number of aromatic nitrogens is 1. The maximum atomic E-state index is 13.1. The third-order valence-corrected chi connectivity index (χ3v) is 10.1. The molecule has 1 aliphatic heterocycles. The lowest BCUT2D eigenvalue weighted by molar-refractivity contribution is -0.122. The monoisotopic (exact) mass is 493 g/mol. The Labute approximate surface area is 196 Å².